The van der Waals surface area contributed by atoms with Crippen LogP contribution in [0.3, 0.4) is 0 Å². The van der Waals surface area contributed by atoms with E-state index in [0.717, 1.165) is 67.9 Å². The number of nitrogens with zero attached hydrogens (tertiary/aromatic N) is 8. The number of amides is 1. The number of carbonyl (C=O) groups excluding carboxylic acids is 1. The summed E-state index contributed by atoms with van der Waals surface area (Å²) < 4.78 is 6.98. The van der Waals surface area contributed by atoms with Crippen molar-refractivity contribution in [3.63, 3.8) is 0 Å². The molecule has 2 saturated heterocycles. The van der Waals surface area contributed by atoms with Crippen molar-refractivity contribution in [2.45, 2.75) is 0 Å². The number of likely N-dealkylation sites (N-methyl/N-ethyl adjacent to an activating group) is 1. The normalized spacial score (nSPS) is 17.1. The molecule has 2 fully saturated rings. The minimum absolute atomic E-state index is 0.00499. The van der Waals surface area contributed by atoms with Crippen LogP contribution in [-0.2, 0) is 7.05 Å². The van der Waals surface area contributed by atoms with Crippen LogP contribution in [0.1, 0.15) is 10.5 Å². The Hall–Kier alpha value is -3.66. The van der Waals surface area contributed by atoms with Crippen LogP contribution in [0.25, 0.3) is 11.3 Å². The van der Waals surface area contributed by atoms with Crippen LogP contribution < -0.4 is 14.5 Å². The monoisotopic (exact) mass is 476 g/mol. The predicted molar refractivity (Wildman–Crippen MR) is 135 cm³/mol. The summed E-state index contributed by atoms with van der Waals surface area (Å²) in [5.74, 6) is 2.65. The predicted octanol–water partition coefficient (Wildman–Crippen LogP) is 1.60. The van der Waals surface area contributed by atoms with Gasteiger partial charge in [0.05, 0.1) is 12.8 Å². The average molecular weight is 477 g/mol. The SMILES string of the molecule is COc1cccc(-c2cc(C(=O)N3CCN(c4cc(N5CCN(C)CC5)ncn4)CC3)n(C)n2)c1. The lowest BCUT2D eigenvalue weighted by molar-refractivity contribution is 0.0735. The summed E-state index contributed by atoms with van der Waals surface area (Å²) in [5, 5.41) is 4.57. The highest BCUT2D eigenvalue weighted by atomic mass is 16.5. The molecular formula is C25H32N8O2. The van der Waals surface area contributed by atoms with E-state index in [4.69, 9.17) is 4.74 Å². The number of hydrogen-bond donors (Lipinski definition) is 0. The fourth-order valence-corrected chi connectivity index (χ4v) is 4.61. The molecular weight excluding hydrogens is 444 g/mol. The standard InChI is InChI=1S/C25H32N8O2/c1-29-7-9-31(10-8-29)23-17-24(27-18-26-23)32-11-13-33(14-12-32)25(34)22-16-21(28-30(22)2)19-5-4-6-20(15-19)35-3/h4-6,15-18H,7-14H2,1-3H3. The molecule has 10 nitrogen and oxygen atoms in total. The topological polar surface area (TPSA) is 82.9 Å². The minimum Gasteiger partial charge on any atom is -0.497 e. The van der Waals surface area contributed by atoms with E-state index in [1.165, 1.54) is 0 Å². The quantitative estimate of drug-likeness (QED) is 0.549. The number of anilines is 2. The van der Waals surface area contributed by atoms with Gasteiger partial charge in [0, 0.05) is 71.0 Å². The van der Waals surface area contributed by atoms with Gasteiger partial charge in [0.1, 0.15) is 29.4 Å². The van der Waals surface area contributed by atoms with Gasteiger partial charge in [0.2, 0.25) is 0 Å². The number of hydrogen-bond acceptors (Lipinski definition) is 8. The van der Waals surface area contributed by atoms with E-state index in [-0.39, 0.29) is 5.91 Å². The molecule has 0 N–H and O–H groups in total. The Bertz CT molecular complexity index is 1180. The molecule has 184 valence electrons. The molecule has 35 heavy (non-hydrogen) atoms. The third-order valence-electron chi connectivity index (χ3n) is 6.82. The molecule has 10 heteroatoms. The highest BCUT2D eigenvalue weighted by Crippen LogP contribution is 2.25. The van der Waals surface area contributed by atoms with Crippen LogP contribution in [0.5, 0.6) is 5.75 Å². The largest absolute Gasteiger partial charge is 0.497 e. The van der Waals surface area contributed by atoms with Gasteiger partial charge in [-0.2, -0.15) is 5.10 Å². The summed E-state index contributed by atoms with van der Waals surface area (Å²) in [6.45, 7) is 6.73. The average Bonchev–Trinajstić information content (AvgIpc) is 3.30. The van der Waals surface area contributed by atoms with E-state index in [2.05, 4.69) is 42.9 Å². The van der Waals surface area contributed by atoms with Crippen molar-refractivity contribution in [1.82, 2.24) is 29.5 Å². The first-order valence-corrected chi connectivity index (χ1v) is 12.0. The molecule has 4 heterocycles. The molecule has 2 aromatic heterocycles. The molecule has 1 amide bonds. The molecule has 0 unspecified atom stereocenters. The van der Waals surface area contributed by atoms with Crippen LogP contribution in [0.2, 0.25) is 0 Å². The lowest BCUT2D eigenvalue weighted by Crippen LogP contribution is -2.49. The lowest BCUT2D eigenvalue weighted by atomic mass is 10.1. The first kappa shape index (κ1) is 23.1. The van der Waals surface area contributed by atoms with E-state index in [0.29, 0.717) is 18.8 Å². The van der Waals surface area contributed by atoms with Gasteiger partial charge < -0.3 is 24.3 Å². The van der Waals surface area contributed by atoms with Gasteiger partial charge in [0.25, 0.3) is 5.91 Å². The molecule has 0 bridgehead atoms. The fourth-order valence-electron chi connectivity index (χ4n) is 4.61. The molecule has 2 aliphatic rings. The molecule has 3 aromatic rings. The second kappa shape index (κ2) is 9.91. The summed E-state index contributed by atoms with van der Waals surface area (Å²) in [5.41, 5.74) is 2.25. The second-order valence-electron chi connectivity index (χ2n) is 9.07. The number of aromatic nitrogens is 4. The summed E-state index contributed by atoms with van der Waals surface area (Å²) in [7, 11) is 5.60. The first-order chi connectivity index (χ1) is 17.0. The first-order valence-electron chi connectivity index (χ1n) is 12.0. The maximum absolute atomic E-state index is 13.3. The van der Waals surface area contributed by atoms with Crippen molar-refractivity contribution in [3.8, 4) is 17.0 Å². The third-order valence-corrected chi connectivity index (χ3v) is 6.82. The Morgan fingerprint density at radius 1 is 0.857 bits per heavy atom. The lowest BCUT2D eigenvalue weighted by Gasteiger charge is -2.36. The van der Waals surface area contributed by atoms with Crippen LogP contribution in [-0.4, -0.2) is 102 Å². The summed E-state index contributed by atoms with van der Waals surface area (Å²) in [6.07, 6.45) is 1.65. The summed E-state index contributed by atoms with van der Waals surface area (Å²) in [6, 6.07) is 11.6. The van der Waals surface area contributed by atoms with Gasteiger partial charge in [-0.3, -0.25) is 9.48 Å². The van der Waals surface area contributed by atoms with Crippen molar-refractivity contribution in [1.29, 1.82) is 0 Å². The van der Waals surface area contributed by atoms with Gasteiger partial charge in [0.15, 0.2) is 0 Å². The van der Waals surface area contributed by atoms with Crippen molar-refractivity contribution in [2.24, 2.45) is 7.05 Å². The zero-order valence-corrected chi connectivity index (χ0v) is 20.6. The Kier molecular flexibility index (Phi) is 6.54. The highest BCUT2D eigenvalue weighted by molar-refractivity contribution is 5.94. The van der Waals surface area contributed by atoms with Crippen LogP contribution in [0, 0.1) is 0 Å². The highest BCUT2D eigenvalue weighted by Gasteiger charge is 2.26. The van der Waals surface area contributed by atoms with Gasteiger partial charge >= 0.3 is 0 Å². The summed E-state index contributed by atoms with van der Waals surface area (Å²) in [4.78, 5) is 31.1. The zero-order chi connectivity index (χ0) is 24.4. The number of rotatable bonds is 5. The van der Waals surface area contributed by atoms with Crippen LogP contribution in [0.15, 0.2) is 42.7 Å². The number of aryl methyl sites for hydroxylation is 1. The number of ether oxygens (including phenoxy) is 1. The molecule has 0 spiro atoms. The van der Waals surface area contributed by atoms with E-state index in [1.807, 2.05) is 42.3 Å². The van der Waals surface area contributed by atoms with Gasteiger partial charge in [-0.05, 0) is 25.2 Å². The smallest absolute Gasteiger partial charge is 0.272 e. The molecule has 0 aliphatic carbocycles. The van der Waals surface area contributed by atoms with Gasteiger partial charge in [-0.15, -0.1) is 0 Å². The van der Waals surface area contributed by atoms with Crippen LogP contribution >= 0.6 is 0 Å². The molecule has 1 aromatic carbocycles. The van der Waals surface area contributed by atoms with E-state index in [9.17, 15) is 4.79 Å². The maximum Gasteiger partial charge on any atom is 0.272 e. The van der Waals surface area contributed by atoms with E-state index < -0.39 is 0 Å². The third kappa shape index (κ3) is 4.93. The zero-order valence-electron chi connectivity index (χ0n) is 20.6. The molecule has 0 radical (unpaired) electrons. The number of methoxy groups -OCH3 is 1. The molecule has 2 aliphatic heterocycles. The molecule has 0 saturated carbocycles. The van der Waals surface area contributed by atoms with Crippen molar-refractivity contribution >= 4 is 17.5 Å². The Morgan fingerprint density at radius 2 is 1.51 bits per heavy atom. The Morgan fingerprint density at radius 3 is 2.17 bits per heavy atom. The van der Waals surface area contributed by atoms with Crippen molar-refractivity contribution in [3.05, 3.63) is 48.4 Å². The van der Waals surface area contributed by atoms with E-state index in [1.54, 1.807) is 18.1 Å². The number of benzene rings is 1. The van der Waals surface area contributed by atoms with E-state index >= 15 is 0 Å². The minimum atomic E-state index is -0.00499. The Labute approximate surface area is 205 Å². The van der Waals surface area contributed by atoms with Gasteiger partial charge in [-0.1, -0.05) is 12.1 Å². The fraction of sp³-hybridized carbons (Fsp3) is 0.440. The van der Waals surface area contributed by atoms with Crippen LogP contribution in [0.4, 0.5) is 11.6 Å². The molecule has 0 atom stereocenters. The van der Waals surface area contributed by atoms with Crippen molar-refractivity contribution < 1.29 is 9.53 Å². The molecule has 5 rings (SSSR count). The summed E-state index contributed by atoms with van der Waals surface area (Å²) >= 11 is 0. The second-order valence-corrected chi connectivity index (χ2v) is 9.07. The van der Waals surface area contributed by atoms with Gasteiger partial charge in [-0.25, -0.2) is 9.97 Å². The maximum atomic E-state index is 13.3. The Balaban J connectivity index is 1.24. The van der Waals surface area contributed by atoms with Crippen molar-refractivity contribution in [2.75, 3.05) is 76.3 Å². The number of piperazine rings is 2. The number of carbonyl (C=O) groups is 1.